The minimum absolute atomic E-state index is 0.322. The van der Waals surface area contributed by atoms with Crippen molar-refractivity contribution in [3.63, 3.8) is 0 Å². The molecule has 116 valence electrons. The summed E-state index contributed by atoms with van der Waals surface area (Å²) in [5.41, 5.74) is 1.35. The van der Waals surface area contributed by atoms with Gasteiger partial charge in [-0.2, -0.15) is 0 Å². The molecule has 0 bridgehead atoms. The molecule has 0 saturated heterocycles. The molecule has 1 N–H and O–H groups in total. The van der Waals surface area contributed by atoms with Crippen LogP contribution >= 0.6 is 0 Å². The van der Waals surface area contributed by atoms with Crippen molar-refractivity contribution in [2.75, 3.05) is 0 Å². The zero-order valence-electron chi connectivity index (χ0n) is 12.1. The summed E-state index contributed by atoms with van der Waals surface area (Å²) in [5, 5.41) is -0.322. The molecule has 22 heavy (non-hydrogen) atoms. The van der Waals surface area contributed by atoms with E-state index < -0.39 is 16.1 Å². The second-order valence-electron chi connectivity index (χ2n) is 5.63. The number of hydrogen-bond donors (Lipinski definition) is 1. The summed E-state index contributed by atoms with van der Waals surface area (Å²) < 4.78 is 41.3. The van der Waals surface area contributed by atoms with E-state index in [2.05, 4.69) is 4.72 Å². The molecular formula is C17H18FNO2S. The van der Waals surface area contributed by atoms with Gasteiger partial charge in [0.2, 0.25) is 10.0 Å². The van der Waals surface area contributed by atoms with Gasteiger partial charge in [0.25, 0.3) is 0 Å². The van der Waals surface area contributed by atoms with Gasteiger partial charge in [0, 0.05) is 5.56 Å². The quantitative estimate of drug-likeness (QED) is 0.889. The summed E-state index contributed by atoms with van der Waals surface area (Å²) in [6, 6.07) is 15.3. The fraction of sp³-hybridized carbons (Fsp3) is 0.294. The smallest absolute Gasteiger partial charge is 0.212 e. The maximum Gasteiger partial charge on any atom is 0.215 e. The van der Waals surface area contributed by atoms with Crippen LogP contribution in [0, 0.1) is 5.82 Å². The molecule has 3 nitrogen and oxygen atoms in total. The standard InChI is InChI=1S/C17H18FNO2S/c18-16-9-5-4-8-15(16)17(12-13-6-2-1-3-7-13)19-22(20,21)14-10-11-14/h1-9,14,17,19H,10-12H2. The first-order valence-electron chi connectivity index (χ1n) is 7.36. The SMILES string of the molecule is O=S(=O)(NC(Cc1ccccc1)c1ccccc1F)C1CC1. The van der Waals surface area contributed by atoms with Gasteiger partial charge in [-0.05, 0) is 30.9 Å². The number of sulfonamides is 1. The van der Waals surface area contributed by atoms with E-state index in [4.69, 9.17) is 0 Å². The predicted octanol–water partition coefficient (Wildman–Crippen LogP) is 3.19. The van der Waals surface area contributed by atoms with Crippen LogP contribution in [-0.2, 0) is 16.4 Å². The Hall–Kier alpha value is -1.72. The lowest BCUT2D eigenvalue weighted by Gasteiger charge is -2.20. The van der Waals surface area contributed by atoms with Crippen molar-refractivity contribution in [2.24, 2.45) is 0 Å². The first-order valence-corrected chi connectivity index (χ1v) is 8.90. The molecule has 1 fully saturated rings. The summed E-state index contributed by atoms with van der Waals surface area (Å²) >= 11 is 0. The molecule has 5 heteroatoms. The maximum absolute atomic E-state index is 14.1. The summed E-state index contributed by atoms with van der Waals surface area (Å²) in [5.74, 6) is -0.387. The van der Waals surface area contributed by atoms with Crippen LogP contribution in [0.4, 0.5) is 4.39 Å². The van der Waals surface area contributed by atoms with Crippen LogP contribution in [0.15, 0.2) is 54.6 Å². The van der Waals surface area contributed by atoms with E-state index in [1.54, 1.807) is 18.2 Å². The molecule has 0 aliphatic heterocycles. The number of rotatable bonds is 6. The van der Waals surface area contributed by atoms with Crippen LogP contribution in [0.1, 0.15) is 30.0 Å². The topological polar surface area (TPSA) is 46.2 Å². The van der Waals surface area contributed by atoms with Crippen LogP contribution in [0.2, 0.25) is 0 Å². The van der Waals surface area contributed by atoms with E-state index >= 15 is 0 Å². The van der Waals surface area contributed by atoms with Crippen LogP contribution in [0.25, 0.3) is 0 Å². The Morgan fingerprint density at radius 1 is 1.05 bits per heavy atom. The largest absolute Gasteiger partial charge is 0.215 e. The third-order valence-electron chi connectivity index (χ3n) is 3.83. The second-order valence-corrected chi connectivity index (χ2v) is 7.62. The van der Waals surface area contributed by atoms with Crippen molar-refractivity contribution in [3.8, 4) is 0 Å². The highest BCUT2D eigenvalue weighted by atomic mass is 32.2. The number of nitrogens with one attached hydrogen (secondary N) is 1. The molecule has 0 radical (unpaired) electrons. The van der Waals surface area contributed by atoms with Crippen LogP contribution in [-0.4, -0.2) is 13.7 Å². The van der Waals surface area contributed by atoms with Crippen molar-refractivity contribution >= 4 is 10.0 Å². The fourth-order valence-electron chi connectivity index (χ4n) is 2.50. The molecular weight excluding hydrogens is 301 g/mol. The van der Waals surface area contributed by atoms with Crippen LogP contribution < -0.4 is 4.72 Å². The minimum atomic E-state index is -3.39. The minimum Gasteiger partial charge on any atom is -0.212 e. The monoisotopic (exact) mass is 319 g/mol. The maximum atomic E-state index is 14.1. The summed E-state index contributed by atoms with van der Waals surface area (Å²) in [7, 11) is -3.39. The highest BCUT2D eigenvalue weighted by Crippen LogP contribution is 2.30. The summed E-state index contributed by atoms with van der Waals surface area (Å²) in [4.78, 5) is 0. The first-order chi connectivity index (χ1) is 10.6. The molecule has 0 amide bonds. The van der Waals surface area contributed by atoms with Gasteiger partial charge < -0.3 is 0 Å². The lowest BCUT2D eigenvalue weighted by atomic mass is 9.99. The zero-order chi connectivity index (χ0) is 15.6. The second kappa shape index (κ2) is 6.18. The fourth-order valence-corrected chi connectivity index (χ4v) is 4.05. The van der Waals surface area contributed by atoms with E-state index in [0.717, 1.165) is 5.56 Å². The molecule has 3 rings (SSSR count). The van der Waals surface area contributed by atoms with Gasteiger partial charge in [0.05, 0.1) is 11.3 Å². The normalized spacial score (nSPS) is 16.4. The molecule has 1 atom stereocenters. The molecule has 0 aromatic heterocycles. The van der Waals surface area contributed by atoms with Gasteiger partial charge in [-0.1, -0.05) is 48.5 Å². The van der Waals surface area contributed by atoms with Gasteiger partial charge in [-0.3, -0.25) is 0 Å². The van der Waals surface area contributed by atoms with Gasteiger partial charge >= 0.3 is 0 Å². The van der Waals surface area contributed by atoms with Gasteiger partial charge in [0.1, 0.15) is 5.82 Å². The molecule has 1 saturated carbocycles. The summed E-state index contributed by atoms with van der Waals surface area (Å²) in [6.45, 7) is 0. The molecule has 1 aliphatic carbocycles. The Balaban J connectivity index is 1.90. The third kappa shape index (κ3) is 3.54. The Labute approximate surface area is 130 Å². The first kappa shape index (κ1) is 15.2. The van der Waals surface area contributed by atoms with E-state index in [9.17, 15) is 12.8 Å². The highest BCUT2D eigenvalue weighted by molar-refractivity contribution is 7.90. The molecule has 2 aromatic rings. The Bertz CT molecular complexity index is 742. The van der Waals surface area contributed by atoms with Crippen molar-refractivity contribution in [1.82, 2.24) is 4.72 Å². The third-order valence-corrected chi connectivity index (χ3v) is 5.80. The molecule has 1 aliphatic rings. The Kier molecular flexibility index (Phi) is 4.27. The van der Waals surface area contributed by atoms with Crippen LogP contribution in [0.5, 0.6) is 0 Å². The molecule has 0 spiro atoms. The van der Waals surface area contributed by atoms with Crippen LogP contribution in [0.3, 0.4) is 0 Å². The average Bonchev–Trinajstić information content (AvgIpc) is 3.33. The van der Waals surface area contributed by atoms with Gasteiger partial charge in [-0.25, -0.2) is 17.5 Å². The predicted molar refractivity (Wildman–Crippen MR) is 84.4 cm³/mol. The number of halogens is 1. The van der Waals surface area contributed by atoms with E-state index in [-0.39, 0.29) is 11.1 Å². The number of hydrogen-bond acceptors (Lipinski definition) is 2. The Morgan fingerprint density at radius 2 is 1.68 bits per heavy atom. The average molecular weight is 319 g/mol. The Morgan fingerprint density at radius 3 is 2.32 bits per heavy atom. The van der Waals surface area contributed by atoms with Crippen molar-refractivity contribution in [3.05, 3.63) is 71.5 Å². The molecule has 0 heterocycles. The van der Waals surface area contributed by atoms with Crippen molar-refractivity contribution in [1.29, 1.82) is 0 Å². The van der Waals surface area contributed by atoms with Crippen molar-refractivity contribution < 1.29 is 12.8 Å². The molecule has 2 aromatic carbocycles. The van der Waals surface area contributed by atoms with Gasteiger partial charge in [-0.15, -0.1) is 0 Å². The number of benzene rings is 2. The lowest BCUT2D eigenvalue weighted by Crippen LogP contribution is -2.33. The van der Waals surface area contributed by atoms with Gasteiger partial charge in [0.15, 0.2) is 0 Å². The van der Waals surface area contributed by atoms with E-state index in [0.29, 0.717) is 24.8 Å². The lowest BCUT2D eigenvalue weighted by molar-refractivity contribution is 0.532. The van der Waals surface area contributed by atoms with Crippen molar-refractivity contribution in [2.45, 2.75) is 30.6 Å². The highest BCUT2D eigenvalue weighted by Gasteiger charge is 2.37. The summed E-state index contributed by atoms with van der Waals surface area (Å²) in [6.07, 6.45) is 1.79. The zero-order valence-corrected chi connectivity index (χ0v) is 12.9. The molecule has 1 unspecified atom stereocenters. The van der Waals surface area contributed by atoms with E-state index in [1.807, 2.05) is 30.3 Å². The van der Waals surface area contributed by atoms with E-state index in [1.165, 1.54) is 6.07 Å².